The molecule has 0 amide bonds. The molecular weight excluding hydrogens is 160 g/mol. The van der Waals surface area contributed by atoms with Gasteiger partial charge in [0.05, 0.1) is 20.3 Å². The molecule has 0 aromatic rings. The standard InChI is InChI=1S/C8H12O4/c1-3-8(6(9)10-2)7(12-8)4-11-5-7/h3-5H2,1-2H3. The number of ether oxygens (including phenoxy) is 3. The van der Waals surface area contributed by atoms with Crippen LogP contribution >= 0.6 is 0 Å². The second-order valence-electron chi connectivity index (χ2n) is 3.26. The van der Waals surface area contributed by atoms with Gasteiger partial charge in [0.2, 0.25) is 0 Å². The Hall–Kier alpha value is -0.610. The summed E-state index contributed by atoms with van der Waals surface area (Å²) >= 11 is 0. The van der Waals surface area contributed by atoms with Gasteiger partial charge >= 0.3 is 5.97 Å². The maximum Gasteiger partial charge on any atom is 0.341 e. The first-order chi connectivity index (χ1) is 5.71. The monoisotopic (exact) mass is 172 g/mol. The van der Waals surface area contributed by atoms with Crippen LogP contribution < -0.4 is 0 Å². The number of carbonyl (C=O) groups is 1. The average molecular weight is 172 g/mol. The molecule has 4 heteroatoms. The van der Waals surface area contributed by atoms with Crippen molar-refractivity contribution in [2.75, 3.05) is 20.3 Å². The quantitative estimate of drug-likeness (QED) is 0.438. The molecule has 2 heterocycles. The van der Waals surface area contributed by atoms with E-state index >= 15 is 0 Å². The number of hydrogen-bond donors (Lipinski definition) is 0. The van der Waals surface area contributed by atoms with Crippen LogP contribution in [-0.4, -0.2) is 37.5 Å². The summed E-state index contributed by atoms with van der Waals surface area (Å²) in [6.45, 7) is 2.97. The molecule has 68 valence electrons. The zero-order valence-corrected chi connectivity index (χ0v) is 7.25. The molecule has 1 spiro atoms. The van der Waals surface area contributed by atoms with Crippen molar-refractivity contribution in [3.05, 3.63) is 0 Å². The van der Waals surface area contributed by atoms with E-state index < -0.39 is 5.60 Å². The van der Waals surface area contributed by atoms with E-state index in [0.29, 0.717) is 19.6 Å². The van der Waals surface area contributed by atoms with Crippen LogP contribution in [0.3, 0.4) is 0 Å². The molecule has 0 aromatic heterocycles. The van der Waals surface area contributed by atoms with E-state index in [1.54, 1.807) is 0 Å². The minimum Gasteiger partial charge on any atom is -0.467 e. The van der Waals surface area contributed by atoms with Crippen LogP contribution in [-0.2, 0) is 19.0 Å². The highest BCUT2D eigenvalue weighted by Crippen LogP contribution is 2.55. The summed E-state index contributed by atoms with van der Waals surface area (Å²) < 4.78 is 15.1. The molecule has 1 unspecified atom stereocenters. The number of carbonyl (C=O) groups excluding carboxylic acids is 1. The molecule has 2 saturated heterocycles. The Kier molecular flexibility index (Phi) is 1.47. The van der Waals surface area contributed by atoms with Gasteiger partial charge in [-0.15, -0.1) is 0 Å². The van der Waals surface area contributed by atoms with Gasteiger partial charge in [-0.3, -0.25) is 0 Å². The molecule has 0 N–H and O–H groups in total. The molecular formula is C8H12O4. The summed E-state index contributed by atoms with van der Waals surface area (Å²) in [5.41, 5.74) is -1.03. The van der Waals surface area contributed by atoms with Crippen molar-refractivity contribution in [1.29, 1.82) is 0 Å². The highest BCUT2D eigenvalue weighted by molar-refractivity contribution is 5.85. The van der Waals surface area contributed by atoms with Gasteiger partial charge in [0.15, 0.2) is 11.2 Å². The van der Waals surface area contributed by atoms with Crippen LogP contribution in [0, 0.1) is 0 Å². The van der Waals surface area contributed by atoms with Gasteiger partial charge in [0.25, 0.3) is 0 Å². The predicted molar refractivity (Wildman–Crippen MR) is 39.7 cm³/mol. The molecule has 12 heavy (non-hydrogen) atoms. The van der Waals surface area contributed by atoms with Gasteiger partial charge in [-0.25, -0.2) is 4.79 Å². The highest BCUT2D eigenvalue weighted by Gasteiger charge is 2.78. The van der Waals surface area contributed by atoms with Crippen molar-refractivity contribution in [3.63, 3.8) is 0 Å². The zero-order valence-electron chi connectivity index (χ0n) is 7.25. The highest BCUT2D eigenvalue weighted by atomic mass is 16.7. The minimum atomic E-state index is -0.694. The fraction of sp³-hybridized carbons (Fsp3) is 0.875. The van der Waals surface area contributed by atoms with Crippen LogP contribution in [0.25, 0.3) is 0 Å². The second kappa shape index (κ2) is 2.20. The van der Waals surface area contributed by atoms with Crippen LogP contribution in [0.5, 0.6) is 0 Å². The SMILES string of the molecule is CCC1(C(=O)OC)OC12COC2. The lowest BCUT2D eigenvalue weighted by atomic mass is 9.89. The molecule has 0 bridgehead atoms. The Morgan fingerprint density at radius 3 is 2.50 bits per heavy atom. The van der Waals surface area contributed by atoms with Crippen LogP contribution in [0.2, 0.25) is 0 Å². The summed E-state index contributed by atoms with van der Waals surface area (Å²) in [6.07, 6.45) is 0.656. The maximum absolute atomic E-state index is 11.3. The summed E-state index contributed by atoms with van der Waals surface area (Å²) in [5.74, 6) is -0.270. The van der Waals surface area contributed by atoms with Crippen molar-refractivity contribution >= 4 is 5.97 Å². The zero-order chi connectivity index (χ0) is 8.82. The lowest BCUT2D eigenvalue weighted by molar-refractivity contribution is -0.147. The van der Waals surface area contributed by atoms with Crippen molar-refractivity contribution in [2.45, 2.75) is 24.5 Å². The number of esters is 1. The fourth-order valence-electron chi connectivity index (χ4n) is 1.82. The number of methoxy groups -OCH3 is 1. The summed E-state index contributed by atoms with van der Waals surface area (Å²) in [5, 5.41) is 0. The first kappa shape index (κ1) is 8.01. The molecule has 2 rings (SSSR count). The van der Waals surface area contributed by atoms with E-state index in [1.807, 2.05) is 6.92 Å². The van der Waals surface area contributed by atoms with E-state index in [4.69, 9.17) is 9.47 Å². The van der Waals surface area contributed by atoms with E-state index in [2.05, 4.69) is 4.74 Å². The Bertz CT molecular complexity index is 221. The number of rotatable bonds is 2. The lowest BCUT2D eigenvalue weighted by Gasteiger charge is -2.25. The third kappa shape index (κ3) is 0.671. The topological polar surface area (TPSA) is 48.1 Å². The van der Waals surface area contributed by atoms with Crippen molar-refractivity contribution in [2.24, 2.45) is 0 Å². The predicted octanol–water partition coefficient (Wildman–Crippen LogP) is 0.107. The summed E-state index contributed by atoms with van der Waals surface area (Å²) in [4.78, 5) is 11.3. The van der Waals surface area contributed by atoms with E-state index in [9.17, 15) is 4.79 Å². The van der Waals surface area contributed by atoms with Gasteiger partial charge in [0.1, 0.15) is 0 Å². The first-order valence-electron chi connectivity index (χ1n) is 4.07. The van der Waals surface area contributed by atoms with Gasteiger partial charge in [-0.2, -0.15) is 0 Å². The molecule has 0 saturated carbocycles. The van der Waals surface area contributed by atoms with Crippen molar-refractivity contribution < 1.29 is 19.0 Å². The third-order valence-electron chi connectivity index (χ3n) is 2.75. The molecule has 4 nitrogen and oxygen atoms in total. The molecule has 2 aliphatic rings. The van der Waals surface area contributed by atoms with Gasteiger partial charge in [-0.05, 0) is 6.42 Å². The molecule has 2 fully saturated rings. The van der Waals surface area contributed by atoms with E-state index in [-0.39, 0.29) is 11.6 Å². The molecule has 0 radical (unpaired) electrons. The molecule has 0 aliphatic carbocycles. The number of epoxide rings is 1. The maximum atomic E-state index is 11.3. The van der Waals surface area contributed by atoms with Crippen LogP contribution in [0.15, 0.2) is 0 Å². The Morgan fingerprint density at radius 2 is 2.25 bits per heavy atom. The largest absolute Gasteiger partial charge is 0.467 e. The van der Waals surface area contributed by atoms with Gasteiger partial charge < -0.3 is 14.2 Å². The molecule has 2 aliphatic heterocycles. The van der Waals surface area contributed by atoms with E-state index in [0.717, 1.165) is 0 Å². The smallest absolute Gasteiger partial charge is 0.341 e. The van der Waals surface area contributed by atoms with Crippen LogP contribution in [0.4, 0.5) is 0 Å². The van der Waals surface area contributed by atoms with Gasteiger partial charge in [0, 0.05) is 0 Å². The third-order valence-corrected chi connectivity index (χ3v) is 2.75. The van der Waals surface area contributed by atoms with E-state index in [1.165, 1.54) is 7.11 Å². The summed E-state index contributed by atoms with van der Waals surface area (Å²) in [7, 11) is 1.38. The number of hydrogen-bond acceptors (Lipinski definition) is 4. The van der Waals surface area contributed by atoms with Crippen LogP contribution in [0.1, 0.15) is 13.3 Å². The fourth-order valence-corrected chi connectivity index (χ4v) is 1.82. The van der Waals surface area contributed by atoms with Crippen molar-refractivity contribution in [1.82, 2.24) is 0 Å². The molecule has 1 atom stereocenters. The summed E-state index contributed by atoms with van der Waals surface area (Å²) in [6, 6.07) is 0. The Balaban J connectivity index is 2.14. The average Bonchev–Trinajstić information content (AvgIpc) is 2.73. The Labute approximate surface area is 70.8 Å². The molecule has 0 aromatic carbocycles. The normalized spacial score (nSPS) is 35.8. The second-order valence-corrected chi connectivity index (χ2v) is 3.26. The lowest BCUT2D eigenvalue weighted by Crippen LogP contribution is -2.47. The Morgan fingerprint density at radius 1 is 1.58 bits per heavy atom. The first-order valence-corrected chi connectivity index (χ1v) is 4.07. The van der Waals surface area contributed by atoms with Crippen molar-refractivity contribution in [3.8, 4) is 0 Å². The van der Waals surface area contributed by atoms with Gasteiger partial charge in [-0.1, -0.05) is 6.92 Å². The minimum absolute atomic E-state index is 0.270.